The second-order valence-corrected chi connectivity index (χ2v) is 3.84. The highest BCUT2D eigenvalue weighted by molar-refractivity contribution is 5.85. The third-order valence-corrected chi connectivity index (χ3v) is 2.52. The van der Waals surface area contributed by atoms with Crippen LogP contribution in [0.1, 0.15) is 16.7 Å². The van der Waals surface area contributed by atoms with Crippen molar-refractivity contribution in [3.63, 3.8) is 0 Å². The van der Waals surface area contributed by atoms with Crippen LogP contribution in [0.15, 0.2) is 18.2 Å². The number of hydrogen-bond donors (Lipinski definition) is 1. The van der Waals surface area contributed by atoms with Gasteiger partial charge in [0.1, 0.15) is 5.82 Å². The average Bonchev–Trinajstić information content (AvgIpc) is 2.08. The Morgan fingerprint density at radius 3 is 2.43 bits per heavy atom. The van der Waals surface area contributed by atoms with E-state index in [1.807, 2.05) is 6.92 Å². The molecule has 0 aliphatic rings. The average molecular weight is 186 g/mol. The van der Waals surface area contributed by atoms with Crippen molar-refractivity contribution in [3.05, 3.63) is 34.9 Å². The normalized spacial score (nSPS) is 10.8. The quantitative estimate of drug-likeness (QED) is 0.687. The molecule has 0 aliphatic heterocycles. The van der Waals surface area contributed by atoms with E-state index in [0.717, 1.165) is 11.1 Å². The van der Waals surface area contributed by atoms with E-state index in [2.05, 4.69) is 37.0 Å². The van der Waals surface area contributed by atoms with E-state index in [1.54, 1.807) is 0 Å². The summed E-state index contributed by atoms with van der Waals surface area (Å²) in [6.45, 7) is 6.16. The molecule has 2 nitrogen and oxygen atoms in total. The fraction of sp³-hybridized carbons (Fsp3) is 0.250. The molecular formula is C12H14N2. The van der Waals surface area contributed by atoms with E-state index in [0.29, 0.717) is 5.82 Å². The number of anilines is 1. The first kappa shape index (κ1) is 9.00. The van der Waals surface area contributed by atoms with E-state index in [4.69, 9.17) is 5.73 Å². The van der Waals surface area contributed by atoms with Crippen molar-refractivity contribution in [1.29, 1.82) is 0 Å². The highest BCUT2D eigenvalue weighted by Crippen LogP contribution is 2.22. The SMILES string of the molecule is Cc1cc(C)c2cc(C)c(N)nc2c1. The van der Waals surface area contributed by atoms with Gasteiger partial charge in [-0.1, -0.05) is 6.07 Å². The lowest BCUT2D eigenvalue weighted by molar-refractivity contribution is 1.31. The maximum Gasteiger partial charge on any atom is 0.127 e. The summed E-state index contributed by atoms with van der Waals surface area (Å²) in [4.78, 5) is 4.37. The van der Waals surface area contributed by atoms with Gasteiger partial charge in [0.25, 0.3) is 0 Å². The summed E-state index contributed by atoms with van der Waals surface area (Å²) in [6, 6.07) is 6.34. The van der Waals surface area contributed by atoms with Gasteiger partial charge in [-0.2, -0.15) is 0 Å². The molecule has 2 rings (SSSR count). The summed E-state index contributed by atoms with van der Waals surface area (Å²) in [6.07, 6.45) is 0. The minimum Gasteiger partial charge on any atom is -0.383 e. The smallest absolute Gasteiger partial charge is 0.127 e. The van der Waals surface area contributed by atoms with Crippen LogP contribution in [-0.4, -0.2) is 4.98 Å². The number of nitrogens with zero attached hydrogens (tertiary/aromatic N) is 1. The monoisotopic (exact) mass is 186 g/mol. The zero-order valence-electron chi connectivity index (χ0n) is 8.76. The van der Waals surface area contributed by atoms with E-state index in [9.17, 15) is 0 Å². The van der Waals surface area contributed by atoms with Gasteiger partial charge in [-0.3, -0.25) is 0 Å². The molecule has 0 radical (unpaired) electrons. The van der Waals surface area contributed by atoms with E-state index < -0.39 is 0 Å². The number of aryl methyl sites for hydroxylation is 3. The highest BCUT2D eigenvalue weighted by atomic mass is 14.8. The van der Waals surface area contributed by atoms with E-state index in [1.165, 1.54) is 16.5 Å². The van der Waals surface area contributed by atoms with Crippen LogP contribution < -0.4 is 5.73 Å². The largest absolute Gasteiger partial charge is 0.383 e. The van der Waals surface area contributed by atoms with Crippen molar-refractivity contribution >= 4 is 16.7 Å². The predicted octanol–water partition coefficient (Wildman–Crippen LogP) is 2.74. The first-order valence-corrected chi connectivity index (χ1v) is 4.72. The Hall–Kier alpha value is -1.57. The molecule has 0 saturated heterocycles. The molecule has 0 aliphatic carbocycles. The Morgan fingerprint density at radius 2 is 1.71 bits per heavy atom. The second-order valence-electron chi connectivity index (χ2n) is 3.84. The van der Waals surface area contributed by atoms with Crippen LogP contribution in [0.3, 0.4) is 0 Å². The maximum atomic E-state index is 5.77. The van der Waals surface area contributed by atoms with Gasteiger partial charge in [0.05, 0.1) is 5.52 Å². The molecule has 0 bridgehead atoms. The fourth-order valence-electron chi connectivity index (χ4n) is 1.75. The lowest BCUT2D eigenvalue weighted by Gasteiger charge is -2.06. The van der Waals surface area contributed by atoms with Crippen LogP contribution in [0.4, 0.5) is 5.82 Å². The molecular weight excluding hydrogens is 172 g/mol. The lowest BCUT2D eigenvalue weighted by atomic mass is 10.0. The second kappa shape index (κ2) is 2.98. The minimum absolute atomic E-state index is 0.627. The standard InChI is InChI=1S/C12H14N2/c1-7-4-8(2)10-6-9(3)12(13)14-11(10)5-7/h4-6H,1-3H3,(H2,13,14). The Kier molecular flexibility index (Phi) is 1.92. The van der Waals surface area contributed by atoms with Crippen LogP contribution in [0.25, 0.3) is 10.9 Å². The number of pyridine rings is 1. The van der Waals surface area contributed by atoms with Crippen molar-refractivity contribution in [1.82, 2.24) is 4.98 Å². The van der Waals surface area contributed by atoms with Crippen LogP contribution >= 0.6 is 0 Å². The zero-order chi connectivity index (χ0) is 10.3. The summed E-state index contributed by atoms with van der Waals surface area (Å²) in [5, 5.41) is 1.20. The third-order valence-electron chi connectivity index (χ3n) is 2.52. The van der Waals surface area contributed by atoms with Gasteiger partial charge < -0.3 is 5.73 Å². The molecule has 1 aromatic carbocycles. The number of nitrogen functional groups attached to an aromatic ring is 1. The van der Waals surface area contributed by atoms with E-state index in [-0.39, 0.29) is 0 Å². The predicted molar refractivity (Wildman–Crippen MR) is 60.4 cm³/mol. The van der Waals surface area contributed by atoms with Gasteiger partial charge in [-0.25, -0.2) is 4.98 Å². The number of hydrogen-bond acceptors (Lipinski definition) is 2. The molecule has 72 valence electrons. The molecule has 0 saturated carbocycles. The summed E-state index contributed by atoms with van der Waals surface area (Å²) in [5.74, 6) is 0.627. The Morgan fingerprint density at radius 1 is 1.00 bits per heavy atom. The van der Waals surface area contributed by atoms with Crippen LogP contribution in [0, 0.1) is 20.8 Å². The summed E-state index contributed by atoms with van der Waals surface area (Å²) in [7, 11) is 0. The molecule has 0 atom stereocenters. The van der Waals surface area contributed by atoms with Crippen molar-refractivity contribution < 1.29 is 0 Å². The molecule has 0 fully saturated rings. The van der Waals surface area contributed by atoms with Gasteiger partial charge in [0.15, 0.2) is 0 Å². The third kappa shape index (κ3) is 1.33. The van der Waals surface area contributed by atoms with Crippen molar-refractivity contribution in [3.8, 4) is 0 Å². The van der Waals surface area contributed by atoms with Gasteiger partial charge >= 0.3 is 0 Å². The summed E-state index contributed by atoms with van der Waals surface area (Å²) < 4.78 is 0. The van der Waals surface area contributed by atoms with Gasteiger partial charge in [-0.05, 0) is 49.6 Å². The number of fused-ring (bicyclic) bond motifs is 1. The van der Waals surface area contributed by atoms with Crippen molar-refractivity contribution in [2.45, 2.75) is 20.8 Å². The Bertz CT molecular complexity index is 501. The number of aromatic nitrogens is 1. The molecule has 2 aromatic rings. The molecule has 1 aromatic heterocycles. The summed E-state index contributed by atoms with van der Waals surface area (Å²) >= 11 is 0. The van der Waals surface area contributed by atoms with Gasteiger partial charge in [-0.15, -0.1) is 0 Å². The molecule has 14 heavy (non-hydrogen) atoms. The van der Waals surface area contributed by atoms with Crippen LogP contribution in [0.5, 0.6) is 0 Å². The Labute approximate surface area is 83.8 Å². The first-order valence-electron chi connectivity index (χ1n) is 4.72. The zero-order valence-corrected chi connectivity index (χ0v) is 8.76. The van der Waals surface area contributed by atoms with Gasteiger partial charge in [0.2, 0.25) is 0 Å². The Balaban J connectivity index is 2.89. The fourth-order valence-corrected chi connectivity index (χ4v) is 1.75. The highest BCUT2D eigenvalue weighted by Gasteiger charge is 2.03. The molecule has 2 heteroatoms. The van der Waals surface area contributed by atoms with Crippen LogP contribution in [-0.2, 0) is 0 Å². The number of nitrogens with two attached hydrogens (primary N) is 1. The van der Waals surface area contributed by atoms with Crippen molar-refractivity contribution in [2.24, 2.45) is 0 Å². The van der Waals surface area contributed by atoms with Crippen molar-refractivity contribution in [2.75, 3.05) is 5.73 Å². The lowest BCUT2D eigenvalue weighted by Crippen LogP contribution is -1.95. The molecule has 1 heterocycles. The van der Waals surface area contributed by atoms with E-state index >= 15 is 0 Å². The first-order chi connectivity index (χ1) is 6.58. The molecule has 0 amide bonds. The number of benzene rings is 1. The number of rotatable bonds is 0. The molecule has 0 spiro atoms. The molecule has 0 unspecified atom stereocenters. The topological polar surface area (TPSA) is 38.9 Å². The van der Waals surface area contributed by atoms with Gasteiger partial charge in [0, 0.05) is 5.39 Å². The minimum atomic E-state index is 0.627. The molecule has 2 N–H and O–H groups in total. The summed E-state index contributed by atoms with van der Waals surface area (Å²) in [5.41, 5.74) is 10.3. The maximum absolute atomic E-state index is 5.77. The van der Waals surface area contributed by atoms with Crippen LogP contribution in [0.2, 0.25) is 0 Å².